The second-order valence-corrected chi connectivity index (χ2v) is 12.1. The van der Waals surface area contributed by atoms with E-state index in [1.807, 2.05) is 0 Å². The molecular formula is C46H31N. The van der Waals surface area contributed by atoms with Crippen molar-refractivity contribution in [1.82, 2.24) is 0 Å². The second kappa shape index (κ2) is 11.3. The minimum atomic E-state index is 1.14. The summed E-state index contributed by atoms with van der Waals surface area (Å²) in [6.07, 6.45) is 0. The molecule has 0 spiro atoms. The fourth-order valence-corrected chi connectivity index (χ4v) is 7.32. The van der Waals surface area contributed by atoms with Crippen LogP contribution >= 0.6 is 0 Å². The summed E-state index contributed by atoms with van der Waals surface area (Å²) >= 11 is 0. The van der Waals surface area contributed by atoms with Crippen molar-refractivity contribution in [2.75, 3.05) is 4.90 Å². The summed E-state index contributed by atoms with van der Waals surface area (Å²) in [5, 5.41) is 9.93. The molecule has 9 aromatic rings. The number of anilines is 3. The van der Waals surface area contributed by atoms with Crippen LogP contribution < -0.4 is 4.90 Å². The Kier molecular flexibility index (Phi) is 6.54. The molecule has 220 valence electrons. The molecule has 0 N–H and O–H groups in total. The van der Waals surface area contributed by atoms with Gasteiger partial charge in [0.15, 0.2) is 0 Å². The van der Waals surface area contributed by atoms with E-state index in [0.29, 0.717) is 0 Å². The quantitative estimate of drug-likeness (QED) is 0.178. The predicted octanol–water partition coefficient (Wildman–Crippen LogP) is 13.1. The van der Waals surface area contributed by atoms with E-state index in [1.165, 1.54) is 65.3 Å². The molecule has 0 aromatic heterocycles. The molecule has 0 amide bonds. The lowest BCUT2D eigenvalue weighted by Gasteiger charge is -2.31. The van der Waals surface area contributed by atoms with Crippen molar-refractivity contribution in [1.29, 1.82) is 0 Å². The van der Waals surface area contributed by atoms with Crippen molar-refractivity contribution in [2.24, 2.45) is 0 Å². The zero-order chi connectivity index (χ0) is 31.2. The molecule has 9 rings (SSSR count). The van der Waals surface area contributed by atoms with Gasteiger partial charge in [-0.15, -0.1) is 0 Å². The summed E-state index contributed by atoms with van der Waals surface area (Å²) in [5.74, 6) is 0. The Morgan fingerprint density at radius 1 is 0.234 bits per heavy atom. The summed E-state index contributed by atoms with van der Waals surface area (Å²) < 4.78 is 0. The first-order chi connectivity index (χ1) is 23.3. The minimum absolute atomic E-state index is 1.14. The summed E-state index contributed by atoms with van der Waals surface area (Å²) in [6.45, 7) is 0. The lowest BCUT2D eigenvalue weighted by molar-refractivity contribution is 1.30. The third-order valence-electron chi connectivity index (χ3n) is 9.44. The highest BCUT2D eigenvalue weighted by Crippen LogP contribution is 2.48. The van der Waals surface area contributed by atoms with Crippen molar-refractivity contribution in [3.8, 4) is 22.3 Å². The van der Waals surface area contributed by atoms with Crippen LogP contribution in [0.4, 0.5) is 17.1 Å². The third kappa shape index (κ3) is 4.56. The van der Waals surface area contributed by atoms with E-state index in [-0.39, 0.29) is 0 Å². The van der Waals surface area contributed by atoms with Crippen molar-refractivity contribution in [3.05, 3.63) is 188 Å². The predicted molar refractivity (Wildman–Crippen MR) is 202 cm³/mol. The van der Waals surface area contributed by atoms with Gasteiger partial charge >= 0.3 is 0 Å². The Morgan fingerprint density at radius 3 is 1.38 bits per heavy atom. The molecule has 0 atom stereocenters. The second-order valence-electron chi connectivity index (χ2n) is 12.1. The van der Waals surface area contributed by atoms with Crippen molar-refractivity contribution >= 4 is 60.2 Å². The fourth-order valence-electron chi connectivity index (χ4n) is 7.32. The molecule has 0 saturated carbocycles. The zero-order valence-corrected chi connectivity index (χ0v) is 25.8. The number of nitrogens with zero attached hydrogens (tertiary/aromatic N) is 1. The van der Waals surface area contributed by atoms with Gasteiger partial charge < -0.3 is 4.90 Å². The lowest BCUT2D eigenvalue weighted by Crippen LogP contribution is -2.13. The molecule has 0 radical (unpaired) electrons. The zero-order valence-electron chi connectivity index (χ0n) is 25.8. The van der Waals surface area contributed by atoms with E-state index < -0.39 is 0 Å². The molecule has 9 aromatic carbocycles. The fraction of sp³-hybridized carbons (Fsp3) is 0. The van der Waals surface area contributed by atoms with E-state index in [0.717, 1.165) is 17.1 Å². The van der Waals surface area contributed by atoms with E-state index in [9.17, 15) is 0 Å². The highest BCUT2D eigenvalue weighted by molar-refractivity contribution is 6.15. The maximum Gasteiger partial charge on any atom is 0.0540 e. The van der Waals surface area contributed by atoms with Crippen LogP contribution in [0.2, 0.25) is 0 Å². The smallest absolute Gasteiger partial charge is 0.0540 e. The lowest BCUT2D eigenvalue weighted by atomic mass is 9.91. The molecule has 0 aliphatic carbocycles. The summed E-state index contributed by atoms with van der Waals surface area (Å²) in [6, 6.07) is 68.3. The van der Waals surface area contributed by atoms with Gasteiger partial charge in [0.2, 0.25) is 0 Å². The Bertz CT molecular complexity index is 2580. The summed E-state index contributed by atoms with van der Waals surface area (Å²) in [7, 11) is 0. The summed E-state index contributed by atoms with van der Waals surface area (Å²) in [5.41, 5.74) is 8.24. The van der Waals surface area contributed by atoms with E-state index in [4.69, 9.17) is 0 Å². The number of hydrogen-bond donors (Lipinski definition) is 0. The Labute approximate surface area is 274 Å². The van der Waals surface area contributed by atoms with Gasteiger partial charge in [-0.3, -0.25) is 0 Å². The number of hydrogen-bond acceptors (Lipinski definition) is 1. The van der Waals surface area contributed by atoms with Crippen LogP contribution in [0.3, 0.4) is 0 Å². The van der Waals surface area contributed by atoms with Gasteiger partial charge in [-0.05, 0) is 73.1 Å². The normalized spacial score (nSPS) is 11.4. The number of para-hydroxylation sites is 2. The average Bonchev–Trinajstić information content (AvgIpc) is 3.15. The standard InChI is InChI=1S/C46H31N/c1-4-20-35-32(15-1)18-13-27-39(35)41-25-9-11-28-45(41)47(44-30-14-19-33-16-2-6-22-37(33)44)46-29-12-10-26-42(46)43-31-34-17-3-5-21-36(34)38-23-7-8-24-40(38)43/h1-31H. The largest absolute Gasteiger partial charge is 0.309 e. The average molecular weight is 598 g/mol. The maximum absolute atomic E-state index is 2.48. The SMILES string of the molecule is c1ccc(N(c2ccccc2-c2cc3ccccc3c3ccccc23)c2cccc3ccccc23)c(-c2cccc3ccccc23)c1. The van der Waals surface area contributed by atoms with Gasteiger partial charge in [-0.2, -0.15) is 0 Å². The monoisotopic (exact) mass is 597 g/mol. The molecule has 1 heteroatoms. The van der Waals surface area contributed by atoms with Crippen molar-refractivity contribution < 1.29 is 0 Å². The summed E-state index contributed by atoms with van der Waals surface area (Å²) in [4.78, 5) is 2.48. The molecule has 0 aliphatic heterocycles. The van der Waals surface area contributed by atoms with Gasteiger partial charge in [0.1, 0.15) is 0 Å². The van der Waals surface area contributed by atoms with Gasteiger partial charge in [-0.25, -0.2) is 0 Å². The van der Waals surface area contributed by atoms with Crippen LogP contribution in [0.1, 0.15) is 0 Å². The molecule has 0 heterocycles. The van der Waals surface area contributed by atoms with E-state index in [1.54, 1.807) is 0 Å². The maximum atomic E-state index is 2.48. The molecule has 0 saturated heterocycles. The van der Waals surface area contributed by atoms with Gasteiger partial charge in [0.05, 0.1) is 17.1 Å². The number of benzene rings is 9. The van der Waals surface area contributed by atoms with Crippen LogP contribution in [-0.2, 0) is 0 Å². The Hall–Kier alpha value is -6.18. The van der Waals surface area contributed by atoms with E-state index >= 15 is 0 Å². The molecule has 47 heavy (non-hydrogen) atoms. The Morgan fingerprint density at radius 2 is 0.660 bits per heavy atom. The first-order valence-electron chi connectivity index (χ1n) is 16.2. The van der Waals surface area contributed by atoms with Crippen molar-refractivity contribution in [2.45, 2.75) is 0 Å². The Balaban J connectivity index is 1.38. The molecular weight excluding hydrogens is 567 g/mol. The molecule has 0 aliphatic rings. The van der Waals surface area contributed by atoms with Gasteiger partial charge in [0.25, 0.3) is 0 Å². The minimum Gasteiger partial charge on any atom is -0.309 e. The van der Waals surface area contributed by atoms with Crippen molar-refractivity contribution in [3.63, 3.8) is 0 Å². The van der Waals surface area contributed by atoms with Crippen LogP contribution in [0.5, 0.6) is 0 Å². The highest BCUT2D eigenvalue weighted by Gasteiger charge is 2.23. The van der Waals surface area contributed by atoms with Crippen LogP contribution in [0.25, 0.3) is 65.3 Å². The van der Waals surface area contributed by atoms with Crippen LogP contribution in [0.15, 0.2) is 188 Å². The van der Waals surface area contributed by atoms with Crippen LogP contribution in [0, 0.1) is 0 Å². The number of rotatable bonds is 5. The molecule has 0 unspecified atom stereocenters. The van der Waals surface area contributed by atoms with E-state index in [2.05, 4.69) is 193 Å². The number of fused-ring (bicyclic) bond motifs is 5. The van der Waals surface area contributed by atoms with Gasteiger partial charge in [-0.1, -0.05) is 164 Å². The molecule has 1 nitrogen and oxygen atoms in total. The topological polar surface area (TPSA) is 3.24 Å². The first kappa shape index (κ1) is 27.2. The van der Waals surface area contributed by atoms with Gasteiger partial charge in [0, 0.05) is 16.5 Å². The molecule has 0 fully saturated rings. The molecule has 0 bridgehead atoms. The highest BCUT2D eigenvalue weighted by atomic mass is 15.1. The van der Waals surface area contributed by atoms with Crippen LogP contribution in [-0.4, -0.2) is 0 Å². The third-order valence-corrected chi connectivity index (χ3v) is 9.44. The first-order valence-corrected chi connectivity index (χ1v) is 16.2.